The Bertz CT molecular complexity index is 780. The molecule has 0 saturated carbocycles. The van der Waals surface area contributed by atoms with Crippen molar-refractivity contribution in [1.82, 2.24) is 0 Å². The molecule has 0 fully saturated rings. The summed E-state index contributed by atoms with van der Waals surface area (Å²) >= 11 is 0. The van der Waals surface area contributed by atoms with Crippen molar-refractivity contribution >= 4 is 16.5 Å². The lowest BCUT2D eigenvalue weighted by Gasteiger charge is -2.17. The van der Waals surface area contributed by atoms with Crippen LogP contribution in [-0.4, -0.2) is 11.7 Å². The minimum Gasteiger partial charge on any atom is -0.507 e. The topological polar surface area (TPSA) is 32.3 Å². The third kappa shape index (κ3) is 3.31. The summed E-state index contributed by atoms with van der Waals surface area (Å²) in [4.78, 5) is 0. The van der Waals surface area contributed by atoms with E-state index in [4.69, 9.17) is 0 Å². The maximum atomic E-state index is 10.6. The summed E-state index contributed by atoms with van der Waals surface area (Å²) in [5.74, 6) is 0.327. The van der Waals surface area contributed by atoms with E-state index in [1.54, 1.807) is 0 Å². The average Bonchev–Trinajstić information content (AvgIpc) is 2.59. The molecule has 0 amide bonds. The molecule has 0 heterocycles. The first-order valence-corrected chi connectivity index (χ1v) is 8.35. The molecule has 23 heavy (non-hydrogen) atoms. The lowest BCUT2D eigenvalue weighted by molar-refractivity contribution is 0.478. The fraction of sp³-hybridized carbons (Fsp3) is 0.238. The number of nitrogens with one attached hydrogen (secondary N) is 1. The highest BCUT2D eigenvalue weighted by Gasteiger charge is 2.14. The van der Waals surface area contributed by atoms with Crippen LogP contribution >= 0.6 is 0 Å². The van der Waals surface area contributed by atoms with Crippen LogP contribution in [0.3, 0.4) is 0 Å². The molecule has 0 aliphatic rings. The highest BCUT2D eigenvalue weighted by atomic mass is 16.3. The zero-order valence-corrected chi connectivity index (χ0v) is 13.5. The Morgan fingerprint density at radius 2 is 1.65 bits per heavy atom. The number of hydrogen-bond acceptors (Lipinski definition) is 2. The van der Waals surface area contributed by atoms with Crippen molar-refractivity contribution in [3.05, 3.63) is 60.7 Å². The first-order valence-electron chi connectivity index (χ1n) is 8.35. The van der Waals surface area contributed by atoms with Gasteiger partial charge in [-0.3, -0.25) is 0 Å². The van der Waals surface area contributed by atoms with Crippen molar-refractivity contribution in [2.45, 2.75) is 26.2 Å². The lowest BCUT2D eigenvalue weighted by atomic mass is 9.97. The zero-order chi connectivity index (χ0) is 16.1. The van der Waals surface area contributed by atoms with Crippen molar-refractivity contribution in [1.29, 1.82) is 0 Å². The average molecular weight is 305 g/mol. The van der Waals surface area contributed by atoms with Crippen LogP contribution in [0.2, 0.25) is 0 Å². The monoisotopic (exact) mass is 305 g/mol. The number of phenolic OH excluding ortho intramolecular Hbond substituents is 1. The summed E-state index contributed by atoms with van der Waals surface area (Å²) in [6.45, 7) is 3.13. The third-order valence-electron chi connectivity index (χ3n) is 4.17. The number of fused-ring (bicyclic) bond motifs is 1. The molecular weight excluding hydrogens is 282 g/mol. The van der Waals surface area contributed by atoms with Gasteiger partial charge in [-0.1, -0.05) is 74.4 Å². The standard InChI is InChI=1S/C21H23NO/c1-2-3-9-14-22-21-18-13-8-7-12-17(18)15-19(23)20(21)16-10-5-4-6-11-16/h4-8,10-13,15,22-23H,2-3,9,14H2,1H3. The normalized spacial score (nSPS) is 10.8. The third-order valence-corrected chi connectivity index (χ3v) is 4.17. The predicted molar refractivity (Wildman–Crippen MR) is 99.1 cm³/mol. The number of unbranched alkanes of at least 4 members (excludes halogenated alkanes) is 2. The summed E-state index contributed by atoms with van der Waals surface area (Å²) in [5, 5.41) is 16.4. The number of phenols is 1. The van der Waals surface area contributed by atoms with Crippen molar-refractivity contribution in [2.75, 3.05) is 11.9 Å². The Balaban J connectivity index is 2.11. The molecule has 2 heteroatoms. The van der Waals surface area contributed by atoms with Gasteiger partial charge in [0, 0.05) is 17.5 Å². The van der Waals surface area contributed by atoms with Gasteiger partial charge in [-0.15, -0.1) is 0 Å². The second kappa shape index (κ2) is 7.19. The highest BCUT2D eigenvalue weighted by molar-refractivity contribution is 6.04. The molecule has 0 aliphatic heterocycles. The Labute approximate surface area is 137 Å². The van der Waals surface area contributed by atoms with Gasteiger partial charge in [0.2, 0.25) is 0 Å². The van der Waals surface area contributed by atoms with Crippen LogP contribution in [-0.2, 0) is 0 Å². The van der Waals surface area contributed by atoms with Gasteiger partial charge in [-0.25, -0.2) is 0 Å². The van der Waals surface area contributed by atoms with Gasteiger partial charge < -0.3 is 10.4 Å². The van der Waals surface area contributed by atoms with Crippen LogP contribution < -0.4 is 5.32 Å². The summed E-state index contributed by atoms with van der Waals surface area (Å²) in [6.07, 6.45) is 3.55. The lowest BCUT2D eigenvalue weighted by Crippen LogP contribution is -2.04. The highest BCUT2D eigenvalue weighted by Crippen LogP contribution is 2.41. The molecule has 3 aromatic rings. The number of rotatable bonds is 6. The van der Waals surface area contributed by atoms with Crippen molar-refractivity contribution in [3.8, 4) is 16.9 Å². The summed E-state index contributed by atoms with van der Waals surface area (Å²) in [6, 6.07) is 20.2. The Hall–Kier alpha value is -2.48. The minimum atomic E-state index is 0.327. The summed E-state index contributed by atoms with van der Waals surface area (Å²) in [5.41, 5.74) is 2.96. The Morgan fingerprint density at radius 1 is 0.913 bits per heavy atom. The van der Waals surface area contributed by atoms with E-state index in [9.17, 15) is 5.11 Å². The van der Waals surface area contributed by atoms with E-state index in [0.29, 0.717) is 5.75 Å². The molecule has 3 rings (SSSR count). The van der Waals surface area contributed by atoms with Crippen LogP contribution in [0.25, 0.3) is 21.9 Å². The molecule has 0 bridgehead atoms. The Kier molecular flexibility index (Phi) is 4.82. The molecule has 0 unspecified atom stereocenters. The molecule has 2 nitrogen and oxygen atoms in total. The van der Waals surface area contributed by atoms with Crippen molar-refractivity contribution < 1.29 is 5.11 Å². The number of anilines is 1. The second-order valence-electron chi connectivity index (χ2n) is 5.87. The summed E-state index contributed by atoms with van der Waals surface area (Å²) in [7, 11) is 0. The van der Waals surface area contributed by atoms with Gasteiger partial charge in [-0.2, -0.15) is 0 Å². The largest absolute Gasteiger partial charge is 0.507 e. The smallest absolute Gasteiger partial charge is 0.126 e. The molecule has 3 aromatic carbocycles. The minimum absolute atomic E-state index is 0.327. The number of aromatic hydroxyl groups is 1. The Morgan fingerprint density at radius 3 is 2.43 bits per heavy atom. The van der Waals surface area contributed by atoms with Gasteiger partial charge in [0.15, 0.2) is 0 Å². The van der Waals surface area contributed by atoms with Crippen LogP contribution in [0, 0.1) is 0 Å². The van der Waals surface area contributed by atoms with E-state index in [2.05, 4.69) is 18.3 Å². The van der Waals surface area contributed by atoms with Crippen LogP contribution in [0.5, 0.6) is 5.75 Å². The second-order valence-corrected chi connectivity index (χ2v) is 5.87. The van der Waals surface area contributed by atoms with E-state index in [0.717, 1.165) is 40.6 Å². The summed E-state index contributed by atoms with van der Waals surface area (Å²) < 4.78 is 0. The van der Waals surface area contributed by atoms with E-state index in [1.165, 1.54) is 12.8 Å². The molecule has 0 atom stereocenters. The quantitative estimate of drug-likeness (QED) is 0.563. The number of benzene rings is 3. The van der Waals surface area contributed by atoms with Crippen molar-refractivity contribution in [2.24, 2.45) is 0 Å². The van der Waals surface area contributed by atoms with Gasteiger partial charge in [0.1, 0.15) is 5.75 Å². The van der Waals surface area contributed by atoms with E-state index in [-0.39, 0.29) is 0 Å². The fourth-order valence-corrected chi connectivity index (χ4v) is 3.00. The zero-order valence-electron chi connectivity index (χ0n) is 13.5. The van der Waals surface area contributed by atoms with Crippen molar-refractivity contribution in [3.63, 3.8) is 0 Å². The molecule has 0 aliphatic carbocycles. The maximum Gasteiger partial charge on any atom is 0.126 e. The van der Waals surface area contributed by atoms with Gasteiger partial charge >= 0.3 is 0 Å². The van der Waals surface area contributed by atoms with Crippen LogP contribution in [0.1, 0.15) is 26.2 Å². The number of hydrogen-bond donors (Lipinski definition) is 2. The molecule has 0 radical (unpaired) electrons. The molecule has 118 valence electrons. The van der Waals surface area contributed by atoms with Gasteiger partial charge in [-0.05, 0) is 23.4 Å². The maximum absolute atomic E-state index is 10.6. The van der Waals surface area contributed by atoms with Crippen LogP contribution in [0.15, 0.2) is 60.7 Å². The first kappa shape index (κ1) is 15.4. The predicted octanol–water partition coefficient (Wildman–Crippen LogP) is 5.81. The fourth-order valence-electron chi connectivity index (χ4n) is 3.00. The van der Waals surface area contributed by atoms with Crippen LogP contribution in [0.4, 0.5) is 5.69 Å². The van der Waals surface area contributed by atoms with Gasteiger partial charge in [0.05, 0.1) is 5.69 Å². The molecule has 0 saturated heterocycles. The van der Waals surface area contributed by atoms with E-state index >= 15 is 0 Å². The molecule has 2 N–H and O–H groups in total. The molecular formula is C21H23NO. The SMILES string of the molecule is CCCCCNc1c(-c2ccccc2)c(O)cc2ccccc12. The van der Waals surface area contributed by atoms with E-state index in [1.807, 2.05) is 54.6 Å². The van der Waals surface area contributed by atoms with E-state index < -0.39 is 0 Å². The van der Waals surface area contributed by atoms with Gasteiger partial charge in [0.25, 0.3) is 0 Å². The molecule has 0 spiro atoms. The molecule has 0 aromatic heterocycles. The first-order chi connectivity index (χ1) is 11.3.